The van der Waals surface area contributed by atoms with E-state index in [0.29, 0.717) is 26.8 Å². The Morgan fingerprint density at radius 3 is 2.43 bits per heavy atom. The van der Waals surface area contributed by atoms with Gasteiger partial charge in [-0.2, -0.15) is 18.3 Å². The third-order valence-corrected chi connectivity index (χ3v) is 5.96. The van der Waals surface area contributed by atoms with Gasteiger partial charge in [-0.1, -0.05) is 0 Å². The highest BCUT2D eigenvalue weighted by Crippen LogP contribution is 2.40. The third kappa shape index (κ3) is 4.09. The van der Waals surface area contributed by atoms with Crippen molar-refractivity contribution in [2.75, 3.05) is 5.73 Å². The number of anilines is 1. The molecule has 178 valence electrons. The van der Waals surface area contributed by atoms with Gasteiger partial charge in [0.05, 0.1) is 22.7 Å². The first kappa shape index (κ1) is 22.8. The number of rotatable bonds is 4. The zero-order valence-electron chi connectivity index (χ0n) is 17.3. The molecule has 14 heteroatoms. The second-order valence-corrected chi connectivity index (χ2v) is 8.14. The average molecular weight is 551 g/mol. The number of nitrogens with two attached hydrogens (primary N) is 1. The van der Waals surface area contributed by atoms with E-state index in [1.54, 1.807) is 10.8 Å². The molecule has 0 unspecified atom stereocenters. The second kappa shape index (κ2) is 8.37. The minimum absolute atomic E-state index is 0.0586. The van der Waals surface area contributed by atoms with Crippen LogP contribution in [0.1, 0.15) is 11.4 Å². The summed E-state index contributed by atoms with van der Waals surface area (Å²) in [6.45, 7) is 0.178. The number of hydrogen-bond donors (Lipinski definition) is 1. The minimum atomic E-state index is -4.68. The van der Waals surface area contributed by atoms with Crippen LogP contribution in [0.5, 0.6) is 0 Å². The largest absolute Gasteiger partial charge is 0.451 e. The molecule has 4 heterocycles. The summed E-state index contributed by atoms with van der Waals surface area (Å²) in [6.07, 6.45) is 1.70. The van der Waals surface area contributed by atoms with Gasteiger partial charge in [0.25, 0.3) is 0 Å². The van der Waals surface area contributed by atoms with Crippen molar-refractivity contribution in [3.8, 4) is 16.8 Å². The van der Waals surface area contributed by atoms with E-state index >= 15 is 0 Å². The van der Waals surface area contributed by atoms with E-state index in [1.807, 2.05) is 0 Å². The quantitative estimate of drug-likeness (QED) is 0.324. The van der Waals surface area contributed by atoms with Crippen molar-refractivity contribution in [1.29, 1.82) is 0 Å². The van der Waals surface area contributed by atoms with E-state index in [-0.39, 0.29) is 23.6 Å². The molecule has 0 atom stereocenters. The van der Waals surface area contributed by atoms with Crippen LogP contribution in [0.3, 0.4) is 0 Å². The maximum atomic E-state index is 14.2. The Hall–Kier alpha value is -3.94. The molecule has 35 heavy (non-hydrogen) atoms. The molecule has 1 aromatic carbocycles. The highest BCUT2D eigenvalue weighted by Gasteiger charge is 2.34. The van der Waals surface area contributed by atoms with Gasteiger partial charge in [0, 0.05) is 41.3 Å². The van der Waals surface area contributed by atoms with Crippen LogP contribution in [-0.2, 0) is 12.7 Å². The van der Waals surface area contributed by atoms with Crippen molar-refractivity contribution in [3.63, 3.8) is 0 Å². The molecule has 5 aromatic rings. The first-order valence-corrected chi connectivity index (χ1v) is 10.6. The van der Waals surface area contributed by atoms with Crippen molar-refractivity contribution in [2.45, 2.75) is 12.7 Å². The zero-order valence-corrected chi connectivity index (χ0v) is 18.9. The topological polar surface area (TPSA) is 100 Å². The minimum Gasteiger partial charge on any atom is -0.383 e. The summed E-state index contributed by atoms with van der Waals surface area (Å²) in [4.78, 5) is 15.1. The molecule has 0 aliphatic heterocycles. The van der Waals surface area contributed by atoms with Crippen molar-refractivity contribution in [1.82, 2.24) is 34.3 Å². The van der Waals surface area contributed by atoms with Gasteiger partial charge in [-0.3, -0.25) is 0 Å². The molecule has 4 aromatic heterocycles. The standard InChI is InChI=1S/C21H12BrF5N8/c22-17-15(11-5-29-20(30-6-11)21(25,26)27)16-18(28)31-9-32-19(16)34(17)7-10-4-33-35(8-10)14-2-1-12(23)3-13(14)24/h1-6,8-9H,7H2,(H2,28,31,32). The summed E-state index contributed by atoms with van der Waals surface area (Å²) in [7, 11) is 0. The number of benzene rings is 1. The van der Waals surface area contributed by atoms with Gasteiger partial charge < -0.3 is 10.3 Å². The van der Waals surface area contributed by atoms with Crippen LogP contribution in [0.15, 0.2) is 53.9 Å². The lowest BCUT2D eigenvalue weighted by Crippen LogP contribution is -2.10. The van der Waals surface area contributed by atoms with Crippen molar-refractivity contribution >= 4 is 32.8 Å². The van der Waals surface area contributed by atoms with Gasteiger partial charge in [-0.05, 0) is 28.1 Å². The lowest BCUT2D eigenvalue weighted by Gasteiger charge is -2.07. The predicted molar refractivity (Wildman–Crippen MR) is 118 cm³/mol. The van der Waals surface area contributed by atoms with Gasteiger partial charge in [-0.15, -0.1) is 0 Å². The molecule has 0 spiro atoms. The highest BCUT2D eigenvalue weighted by atomic mass is 79.9. The summed E-state index contributed by atoms with van der Waals surface area (Å²) < 4.78 is 69.5. The molecule has 0 radical (unpaired) electrons. The summed E-state index contributed by atoms with van der Waals surface area (Å²) in [5.74, 6) is -2.66. The van der Waals surface area contributed by atoms with Crippen molar-refractivity contribution < 1.29 is 22.0 Å². The maximum Gasteiger partial charge on any atom is 0.451 e. The number of aromatic nitrogens is 7. The Labute approximate surface area is 201 Å². The molecule has 5 rings (SSSR count). The highest BCUT2D eigenvalue weighted by molar-refractivity contribution is 9.10. The molecular weight excluding hydrogens is 539 g/mol. The Morgan fingerprint density at radius 2 is 1.74 bits per heavy atom. The summed E-state index contributed by atoms with van der Waals surface area (Å²) in [5, 5.41) is 4.53. The molecular formula is C21H12BrF5N8. The fourth-order valence-corrected chi connectivity index (χ4v) is 4.32. The normalized spacial score (nSPS) is 11.9. The van der Waals surface area contributed by atoms with Gasteiger partial charge >= 0.3 is 6.18 Å². The first-order chi connectivity index (χ1) is 16.6. The Morgan fingerprint density at radius 1 is 1.00 bits per heavy atom. The number of alkyl halides is 3. The maximum absolute atomic E-state index is 14.2. The lowest BCUT2D eigenvalue weighted by atomic mass is 10.1. The number of halogens is 6. The van der Waals surface area contributed by atoms with Crippen LogP contribution >= 0.6 is 15.9 Å². The molecule has 0 bridgehead atoms. The molecule has 0 saturated carbocycles. The Balaban J connectivity index is 1.58. The van der Waals surface area contributed by atoms with Crippen LogP contribution in [0, 0.1) is 11.6 Å². The molecule has 0 saturated heterocycles. The van der Waals surface area contributed by atoms with E-state index < -0.39 is 23.6 Å². The third-order valence-electron chi connectivity index (χ3n) is 5.13. The Kier molecular flexibility index (Phi) is 5.46. The molecule has 0 aliphatic carbocycles. The first-order valence-electron chi connectivity index (χ1n) is 9.80. The number of hydrogen-bond acceptors (Lipinski definition) is 6. The van der Waals surface area contributed by atoms with Crippen LogP contribution in [-0.4, -0.2) is 34.3 Å². The van der Waals surface area contributed by atoms with E-state index in [0.717, 1.165) is 24.5 Å². The summed E-state index contributed by atoms with van der Waals surface area (Å²) in [6, 6.07) is 3.14. The van der Waals surface area contributed by atoms with E-state index in [2.05, 4.69) is 41.0 Å². The van der Waals surface area contributed by atoms with Crippen LogP contribution in [0.25, 0.3) is 27.8 Å². The van der Waals surface area contributed by atoms with Gasteiger partial charge in [0.2, 0.25) is 5.82 Å². The smallest absolute Gasteiger partial charge is 0.383 e. The van der Waals surface area contributed by atoms with Crippen molar-refractivity contribution in [2.24, 2.45) is 0 Å². The van der Waals surface area contributed by atoms with E-state index in [4.69, 9.17) is 5.73 Å². The van der Waals surface area contributed by atoms with Crippen LogP contribution < -0.4 is 5.73 Å². The molecule has 2 N–H and O–H groups in total. The molecule has 0 amide bonds. The number of nitrogens with zero attached hydrogens (tertiary/aromatic N) is 7. The average Bonchev–Trinajstić information content (AvgIpc) is 3.37. The van der Waals surface area contributed by atoms with Gasteiger partial charge in [0.1, 0.15) is 29.3 Å². The SMILES string of the molecule is Nc1ncnc2c1c(-c1cnc(C(F)(F)F)nc1)c(Br)n2Cc1cnn(-c2ccc(F)cc2F)c1. The predicted octanol–water partition coefficient (Wildman–Crippen LogP) is 4.76. The van der Waals surface area contributed by atoms with E-state index in [9.17, 15) is 22.0 Å². The fraction of sp³-hybridized carbons (Fsp3) is 0.0952. The number of nitrogen functional groups attached to an aromatic ring is 1. The molecule has 0 fully saturated rings. The van der Waals surface area contributed by atoms with Crippen LogP contribution in [0.4, 0.5) is 27.8 Å². The van der Waals surface area contributed by atoms with Gasteiger partial charge in [-0.25, -0.2) is 33.4 Å². The van der Waals surface area contributed by atoms with Gasteiger partial charge in [0.15, 0.2) is 5.82 Å². The molecule has 0 aliphatic rings. The Bertz CT molecular complexity index is 1560. The monoisotopic (exact) mass is 550 g/mol. The molecule has 8 nitrogen and oxygen atoms in total. The second-order valence-electron chi connectivity index (χ2n) is 7.39. The zero-order chi connectivity index (χ0) is 24.9. The van der Waals surface area contributed by atoms with E-state index in [1.165, 1.54) is 23.3 Å². The van der Waals surface area contributed by atoms with Crippen molar-refractivity contribution in [3.05, 3.63) is 76.9 Å². The summed E-state index contributed by atoms with van der Waals surface area (Å²) in [5.41, 5.74) is 7.82. The van der Waals surface area contributed by atoms with Crippen LogP contribution in [0.2, 0.25) is 0 Å². The fourth-order valence-electron chi connectivity index (χ4n) is 3.60. The summed E-state index contributed by atoms with van der Waals surface area (Å²) >= 11 is 3.49. The lowest BCUT2D eigenvalue weighted by molar-refractivity contribution is -0.144. The number of fused-ring (bicyclic) bond motifs is 1.